The zero-order valence-electron chi connectivity index (χ0n) is 9.58. The second-order valence-electron chi connectivity index (χ2n) is 3.79. The van der Waals surface area contributed by atoms with E-state index in [4.69, 9.17) is 0 Å². The summed E-state index contributed by atoms with van der Waals surface area (Å²) in [7, 11) is 0. The maximum Gasteiger partial charge on any atom is 0.254 e. The molecule has 0 saturated heterocycles. The number of carbonyl (C=O) groups is 1. The van der Waals surface area contributed by atoms with Gasteiger partial charge < -0.3 is 10.3 Å². The monoisotopic (exact) mass is 251 g/mol. The van der Waals surface area contributed by atoms with Gasteiger partial charge in [-0.2, -0.15) is 0 Å². The van der Waals surface area contributed by atoms with Gasteiger partial charge in [0.2, 0.25) is 0 Å². The van der Waals surface area contributed by atoms with Gasteiger partial charge in [0.15, 0.2) is 0 Å². The van der Waals surface area contributed by atoms with E-state index in [0.717, 1.165) is 18.2 Å². The summed E-state index contributed by atoms with van der Waals surface area (Å²) in [6, 6.07) is 2.32. The summed E-state index contributed by atoms with van der Waals surface area (Å²) in [4.78, 5) is 18.6. The summed E-state index contributed by atoms with van der Waals surface area (Å²) in [5.74, 6) is -1.57. The molecule has 18 heavy (non-hydrogen) atoms. The van der Waals surface area contributed by atoms with Crippen LogP contribution in [0.1, 0.15) is 29.1 Å². The smallest absolute Gasteiger partial charge is 0.254 e. The number of halogens is 2. The van der Waals surface area contributed by atoms with Gasteiger partial charge in [-0.05, 0) is 25.1 Å². The van der Waals surface area contributed by atoms with E-state index >= 15 is 0 Å². The fourth-order valence-electron chi connectivity index (χ4n) is 1.53. The third kappa shape index (κ3) is 2.53. The number of nitrogens with zero attached hydrogens (tertiary/aromatic N) is 1. The van der Waals surface area contributed by atoms with Gasteiger partial charge in [-0.3, -0.25) is 4.79 Å². The maximum absolute atomic E-state index is 13.4. The molecule has 2 aromatic rings. The minimum absolute atomic E-state index is 0.326. The molecule has 94 valence electrons. The van der Waals surface area contributed by atoms with Crippen molar-refractivity contribution in [1.29, 1.82) is 0 Å². The van der Waals surface area contributed by atoms with Gasteiger partial charge in [-0.15, -0.1) is 0 Å². The first-order chi connectivity index (χ1) is 8.58. The highest BCUT2D eigenvalue weighted by molar-refractivity contribution is 5.94. The van der Waals surface area contributed by atoms with Crippen LogP contribution in [0, 0.1) is 11.6 Å². The normalized spacial score (nSPS) is 12.2. The number of amides is 1. The highest BCUT2D eigenvalue weighted by atomic mass is 19.1. The lowest BCUT2D eigenvalue weighted by molar-refractivity contribution is 0.0934. The van der Waals surface area contributed by atoms with E-state index in [1.54, 1.807) is 19.3 Å². The van der Waals surface area contributed by atoms with Crippen LogP contribution in [-0.2, 0) is 0 Å². The van der Waals surface area contributed by atoms with Gasteiger partial charge >= 0.3 is 0 Å². The number of hydrogen-bond acceptors (Lipinski definition) is 2. The Morgan fingerprint density at radius 1 is 1.44 bits per heavy atom. The van der Waals surface area contributed by atoms with E-state index in [-0.39, 0.29) is 5.56 Å². The molecule has 0 aliphatic rings. The van der Waals surface area contributed by atoms with Crippen LogP contribution >= 0.6 is 0 Å². The molecule has 1 atom stereocenters. The first kappa shape index (κ1) is 12.2. The number of hydrogen-bond donors (Lipinski definition) is 2. The van der Waals surface area contributed by atoms with Crippen LogP contribution in [0.2, 0.25) is 0 Å². The second kappa shape index (κ2) is 4.95. The fraction of sp³-hybridized carbons (Fsp3) is 0.167. The molecule has 0 saturated carbocycles. The molecular weight excluding hydrogens is 240 g/mol. The molecular formula is C12H11F2N3O. The molecule has 0 aliphatic heterocycles. The predicted molar refractivity (Wildman–Crippen MR) is 60.8 cm³/mol. The molecule has 4 nitrogen and oxygen atoms in total. The lowest BCUT2D eigenvalue weighted by Crippen LogP contribution is -2.28. The number of rotatable bonds is 3. The Bertz CT molecular complexity index is 554. The van der Waals surface area contributed by atoms with E-state index in [1.165, 1.54) is 0 Å². The third-order valence-electron chi connectivity index (χ3n) is 2.45. The number of imidazole rings is 1. The van der Waals surface area contributed by atoms with Crippen molar-refractivity contribution in [3.05, 3.63) is 53.6 Å². The second-order valence-corrected chi connectivity index (χ2v) is 3.79. The average molecular weight is 251 g/mol. The largest absolute Gasteiger partial charge is 0.347 e. The number of carbonyl (C=O) groups excluding carboxylic acids is 1. The summed E-state index contributed by atoms with van der Waals surface area (Å²) in [6.07, 6.45) is 3.15. The SMILES string of the molecule is CC(NC(=O)c1cc(F)ccc1F)c1ncc[nH]1. The molecule has 0 bridgehead atoms. The van der Waals surface area contributed by atoms with E-state index in [2.05, 4.69) is 15.3 Å². The summed E-state index contributed by atoms with van der Waals surface area (Å²) in [6.45, 7) is 1.69. The Labute approximate surface area is 102 Å². The number of aromatic amines is 1. The molecule has 1 heterocycles. The van der Waals surface area contributed by atoms with Crippen LogP contribution in [0.4, 0.5) is 8.78 Å². The molecule has 1 amide bonds. The summed E-state index contributed by atoms with van der Waals surface area (Å²) < 4.78 is 26.3. The van der Waals surface area contributed by atoms with Gasteiger partial charge in [0, 0.05) is 12.4 Å². The van der Waals surface area contributed by atoms with Crippen molar-refractivity contribution in [1.82, 2.24) is 15.3 Å². The topological polar surface area (TPSA) is 57.8 Å². The van der Waals surface area contributed by atoms with Crippen LogP contribution < -0.4 is 5.32 Å². The van der Waals surface area contributed by atoms with Gasteiger partial charge in [-0.1, -0.05) is 0 Å². The lowest BCUT2D eigenvalue weighted by atomic mass is 10.2. The van der Waals surface area contributed by atoms with Crippen LogP contribution in [0.15, 0.2) is 30.6 Å². The Balaban J connectivity index is 2.15. The van der Waals surface area contributed by atoms with Crippen molar-refractivity contribution in [2.45, 2.75) is 13.0 Å². The minimum atomic E-state index is -0.763. The lowest BCUT2D eigenvalue weighted by Gasteiger charge is -2.11. The first-order valence-electron chi connectivity index (χ1n) is 5.33. The quantitative estimate of drug-likeness (QED) is 0.878. The number of benzene rings is 1. The van der Waals surface area contributed by atoms with E-state index in [9.17, 15) is 13.6 Å². The highest BCUT2D eigenvalue weighted by Gasteiger charge is 2.16. The summed E-state index contributed by atoms with van der Waals surface area (Å²) >= 11 is 0. The van der Waals surface area contributed by atoms with Gasteiger partial charge in [-0.25, -0.2) is 13.8 Å². The zero-order chi connectivity index (χ0) is 13.1. The molecule has 0 aliphatic carbocycles. The van der Waals surface area contributed by atoms with E-state index in [1.807, 2.05) is 0 Å². The molecule has 1 unspecified atom stereocenters. The molecule has 2 rings (SSSR count). The Morgan fingerprint density at radius 2 is 2.22 bits per heavy atom. The third-order valence-corrected chi connectivity index (χ3v) is 2.45. The fourth-order valence-corrected chi connectivity index (χ4v) is 1.53. The van der Waals surface area contributed by atoms with Crippen molar-refractivity contribution < 1.29 is 13.6 Å². The standard InChI is InChI=1S/C12H11F2N3O/c1-7(11-15-4-5-16-11)17-12(18)9-6-8(13)2-3-10(9)14/h2-7H,1H3,(H,15,16)(H,17,18). The summed E-state index contributed by atoms with van der Waals surface area (Å²) in [5.41, 5.74) is -0.326. The Hall–Kier alpha value is -2.24. The van der Waals surface area contributed by atoms with Gasteiger partial charge in [0.25, 0.3) is 5.91 Å². The van der Waals surface area contributed by atoms with E-state index in [0.29, 0.717) is 5.82 Å². The van der Waals surface area contributed by atoms with Crippen molar-refractivity contribution >= 4 is 5.91 Å². The molecule has 0 radical (unpaired) electrons. The van der Waals surface area contributed by atoms with Crippen LogP contribution in [0.25, 0.3) is 0 Å². The van der Waals surface area contributed by atoms with Crippen LogP contribution in [0.3, 0.4) is 0 Å². The number of nitrogens with one attached hydrogen (secondary N) is 2. The van der Waals surface area contributed by atoms with Crippen LogP contribution in [-0.4, -0.2) is 15.9 Å². The first-order valence-corrected chi connectivity index (χ1v) is 5.33. The average Bonchev–Trinajstić information content (AvgIpc) is 2.85. The van der Waals surface area contributed by atoms with Crippen LogP contribution in [0.5, 0.6) is 0 Å². The number of aromatic nitrogens is 2. The molecule has 0 fully saturated rings. The molecule has 6 heteroatoms. The van der Waals surface area contributed by atoms with Gasteiger partial charge in [0.1, 0.15) is 17.5 Å². The Kier molecular flexibility index (Phi) is 3.36. The van der Waals surface area contributed by atoms with Crippen molar-refractivity contribution in [3.8, 4) is 0 Å². The highest BCUT2D eigenvalue weighted by Crippen LogP contribution is 2.12. The number of H-pyrrole nitrogens is 1. The van der Waals surface area contributed by atoms with Crippen molar-refractivity contribution in [2.75, 3.05) is 0 Å². The minimum Gasteiger partial charge on any atom is -0.347 e. The molecule has 2 N–H and O–H groups in total. The predicted octanol–water partition coefficient (Wildman–Crippen LogP) is 2.18. The summed E-state index contributed by atoms with van der Waals surface area (Å²) in [5, 5.41) is 2.53. The van der Waals surface area contributed by atoms with E-state index < -0.39 is 23.6 Å². The van der Waals surface area contributed by atoms with Crippen molar-refractivity contribution in [3.63, 3.8) is 0 Å². The molecule has 1 aromatic heterocycles. The maximum atomic E-state index is 13.4. The van der Waals surface area contributed by atoms with Crippen molar-refractivity contribution in [2.24, 2.45) is 0 Å². The van der Waals surface area contributed by atoms with Gasteiger partial charge in [0.05, 0.1) is 11.6 Å². The zero-order valence-corrected chi connectivity index (χ0v) is 9.58. The molecule has 0 spiro atoms. The molecule has 1 aromatic carbocycles. The Morgan fingerprint density at radius 3 is 2.89 bits per heavy atom.